The van der Waals surface area contributed by atoms with Crippen molar-refractivity contribution >= 4 is 11.9 Å². The van der Waals surface area contributed by atoms with Crippen molar-refractivity contribution in [3.05, 3.63) is 0 Å². The van der Waals surface area contributed by atoms with Crippen LogP contribution in [0.3, 0.4) is 0 Å². The maximum atomic E-state index is 12.0. The third-order valence-corrected chi connectivity index (χ3v) is 2.87. The minimum atomic E-state index is -0.610. The highest BCUT2D eigenvalue weighted by Crippen LogP contribution is 2.22. The summed E-state index contributed by atoms with van der Waals surface area (Å²) >= 11 is 0. The molecular formula is C12H21NO3. The number of ether oxygens (including phenoxy) is 1. The molecule has 1 saturated heterocycles. The lowest BCUT2D eigenvalue weighted by atomic mass is 9.98. The van der Waals surface area contributed by atoms with Gasteiger partial charge in [0.15, 0.2) is 6.10 Å². The Balaban J connectivity index is 2.80. The molecule has 1 aliphatic heterocycles. The van der Waals surface area contributed by atoms with Gasteiger partial charge < -0.3 is 9.64 Å². The van der Waals surface area contributed by atoms with Gasteiger partial charge in [-0.25, -0.2) is 4.79 Å². The first-order chi connectivity index (χ1) is 7.34. The Kier molecular flexibility index (Phi) is 3.94. The summed E-state index contributed by atoms with van der Waals surface area (Å²) in [5.41, 5.74) is 0. The third-order valence-electron chi connectivity index (χ3n) is 2.87. The van der Waals surface area contributed by atoms with E-state index < -0.39 is 12.1 Å². The maximum absolute atomic E-state index is 12.0. The largest absolute Gasteiger partial charge is 0.450 e. The predicted octanol–water partition coefficient (Wildman–Crippen LogP) is 1.44. The number of hydrogen-bond acceptors (Lipinski definition) is 3. The molecular weight excluding hydrogens is 206 g/mol. The SMILES string of the molecule is CC(C)CC1C(=O)OC(C(C)C)C(=O)N1C. The number of likely N-dealkylation sites (N-methyl/N-ethyl adjacent to an activating group) is 1. The van der Waals surface area contributed by atoms with Crippen molar-refractivity contribution in [2.75, 3.05) is 7.05 Å². The summed E-state index contributed by atoms with van der Waals surface area (Å²) in [6.07, 6.45) is 0.0484. The summed E-state index contributed by atoms with van der Waals surface area (Å²) in [5.74, 6) is 0.0389. The fraction of sp³-hybridized carbons (Fsp3) is 0.833. The molecule has 0 aromatic heterocycles. The summed E-state index contributed by atoms with van der Waals surface area (Å²) in [7, 11) is 1.69. The first-order valence-corrected chi connectivity index (χ1v) is 5.81. The van der Waals surface area contributed by atoms with Crippen molar-refractivity contribution < 1.29 is 14.3 Å². The van der Waals surface area contributed by atoms with Crippen LogP contribution in [0.5, 0.6) is 0 Å². The molecule has 2 unspecified atom stereocenters. The van der Waals surface area contributed by atoms with E-state index in [0.29, 0.717) is 12.3 Å². The van der Waals surface area contributed by atoms with E-state index in [2.05, 4.69) is 0 Å². The van der Waals surface area contributed by atoms with Gasteiger partial charge in [-0.1, -0.05) is 27.7 Å². The lowest BCUT2D eigenvalue weighted by Gasteiger charge is -2.37. The van der Waals surface area contributed by atoms with Crippen molar-refractivity contribution in [3.63, 3.8) is 0 Å². The van der Waals surface area contributed by atoms with Crippen molar-refractivity contribution in [1.29, 1.82) is 0 Å². The van der Waals surface area contributed by atoms with Crippen LogP contribution in [0.15, 0.2) is 0 Å². The molecule has 0 saturated carbocycles. The molecule has 0 radical (unpaired) electrons. The zero-order valence-corrected chi connectivity index (χ0v) is 10.7. The smallest absolute Gasteiger partial charge is 0.329 e. The summed E-state index contributed by atoms with van der Waals surface area (Å²) in [6.45, 7) is 7.82. The predicted molar refractivity (Wildman–Crippen MR) is 60.7 cm³/mol. The van der Waals surface area contributed by atoms with Gasteiger partial charge in [0.2, 0.25) is 0 Å². The lowest BCUT2D eigenvalue weighted by molar-refractivity contribution is -0.180. The molecule has 92 valence electrons. The summed E-state index contributed by atoms with van der Waals surface area (Å²) < 4.78 is 5.21. The average Bonchev–Trinajstić information content (AvgIpc) is 2.17. The molecule has 16 heavy (non-hydrogen) atoms. The monoisotopic (exact) mass is 227 g/mol. The van der Waals surface area contributed by atoms with Gasteiger partial charge in [-0.2, -0.15) is 0 Å². The van der Waals surface area contributed by atoms with Crippen LogP contribution in [0.2, 0.25) is 0 Å². The molecule has 1 amide bonds. The van der Waals surface area contributed by atoms with Crippen LogP contribution in [0, 0.1) is 11.8 Å². The second kappa shape index (κ2) is 4.85. The zero-order valence-electron chi connectivity index (χ0n) is 10.7. The summed E-state index contributed by atoms with van der Waals surface area (Å²) in [4.78, 5) is 25.3. The molecule has 0 spiro atoms. The molecule has 0 aromatic rings. The normalized spacial score (nSPS) is 26.6. The van der Waals surface area contributed by atoms with Crippen LogP contribution in [0.4, 0.5) is 0 Å². The molecule has 2 atom stereocenters. The van der Waals surface area contributed by atoms with E-state index in [0.717, 1.165) is 0 Å². The molecule has 0 aromatic carbocycles. The summed E-state index contributed by atoms with van der Waals surface area (Å²) in [5, 5.41) is 0. The van der Waals surface area contributed by atoms with Crippen molar-refractivity contribution in [3.8, 4) is 0 Å². The van der Waals surface area contributed by atoms with Crippen LogP contribution < -0.4 is 0 Å². The molecule has 0 aliphatic carbocycles. The topological polar surface area (TPSA) is 46.6 Å². The highest BCUT2D eigenvalue weighted by molar-refractivity contribution is 5.92. The van der Waals surface area contributed by atoms with Crippen molar-refractivity contribution in [2.24, 2.45) is 11.8 Å². The Hall–Kier alpha value is -1.06. The number of hydrogen-bond donors (Lipinski definition) is 0. The van der Waals surface area contributed by atoms with Crippen molar-refractivity contribution in [2.45, 2.75) is 46.3 Å². The van der Waals surface area contributed by atoms with Gasteiger partial charge in [0.1, 0.15) is 6.04 Å². The van der Waals surface area contributed by atoms with Gasteiger partial charge in [-0.3, -0.25) is 4.79 Å². The van der Waals surface area contributed by atoms with Gasteiger partial charge in [0.05, 0.1) is 0 Å². The molecule has 1 rings (SSSR count). The minimum absolute atomic E-state index is 0.0268. The van der Waals surface area contributed by atoms with Gasteiger partial charge in [-0.05, 0) is 18.3 Å². The first-order valence-electron chi connectivity index (χ1n) is 5.81. The average molecular weight is 227 g/mol. The van der Waals surface area contributed by atoms with E-state index in [4.69, 9.17) is 4.74 Å². The highest BCUT2D eigenvalue weighted by atomic mass is 16.6. The zero-order chi connectivity index (χ0) is 12.5. The molecule has 1 fully saturated rings. The Morgan fingerprint density at radius 1 is 1.25 bits per heavy atom. The number of carbonyl (C=O) groups is 2. The second-order valence-corrected chi connectivity index (χ2v) is 5.20. The lowest BCUT2D eigenvalue weighted by Crippen LogP contribution is -2.56. The number of esters is 1. The first kappa shape index (κ1) is 13.0. The standard InChI is InChI=1S/C12H21NO3/c1-7(2)6-9-12(15)16-10(8(3)4)11(14)13(9)5/h7-10H,6H2,1-5H3. The van der Waals surface area contributed by atoms with Gasteiger partial charge >= 0.3 is 5.97 Å². The number of rotatable bonds is 3. The molecule has 4 nitrogen and oxygen atoms in total. The minimum Gasteiger partial charge on any atom is -0.450 e. The van der Waals surface area contributed by atoms with E-state index in [9.17, 15) is 9.59 Å². The number of nitrogens with zero attached hydrogens (tertiary/aromatic N) is 1. The number of carbonyl (C=O) groups excluding carboxylic acids is 2. The second-order valence-electron chi connectivity index (χ2n) is 5.20. The van der Waals surface area contributed by atoms with Crippen LogP contribution >= 0.6 is 0 Å². The number of amides is 1. The van der Waals surface area contributed by atoms with Crippen LogP contribution in [-0.4, -0.2) is 36.0 Å². The van der Waals surface area contributed by atoms with E-state index in [1.54, 1.807) is 7.05 Å². The molecule has 0 bridgehead atoms. The van der Waals surface area contributed by atoms with E-state index in [1.807, 2.05) is 27.7 Å². The Morgan fingerprint density at radius 3 is 2.25 bits per heavy atom. The maximum Gasteiger partial charge on any atom is 0.329 e. The number of morpholine rings is 1. The highest BCUT2D eigenvalue weighted by Gasteiger charge is 2.41. The third kappa shape index (κ3) is 2.54. The molecule has 1 aliphatic rings. The Bertz CT molecular complexity index is 286. The molecule has 4 heteroatoms. The van der Waals surface area contributed by atoms with Crippen LogP contribution in [0.1, 0.15) is 34.1 Å². The van der Waals surface area contributed by atoms with Crippen LogP contribution in [-0.2, 0) is 14.3 Å². The van der Waals surface area contributed by atoms with Gasteiger partial charge in [0.25, 0.3) is 5.91 Å². The van der Waals surface area contributed by atoms with Gasteiger partial charge in [0, 0.05) is 7.05 Å². The number of cyclic esters (lactones) is 1. The van der Waals surface area contributed by atoms with E-state index in [1.165, 1.54) is 4.90 Å². The molecule has 1 heterocycles. The van der Waals surface area contributed by atoms with Gasteiger partial charge in [-0.15, -0.1) is 0 Å². The Labute approximate surface area is 96.9 Å². The Morgan fingerprint density at radius 2 is 1.81 bits per heavy atom. The van der Waals surface area contributed by atoms with Crippen LogP contribution in [0.25, 0.3) is 0 Å². The van der Waals surface area contributed by atoms with E-state index in [-0.39, 0.29) is 17.8 Å². The summed E-state index contributed by atoms with van der Waals surface area (Å²) in [6, 6.07) is -0.414. The van der Waals surface area contributed by atoms with E-state index >= 15 is 0 Å². The molecule has 0 N–H and O–H groups in total. The fourth-order valence-electron chi connectivity index (χ4n) is 1.89. The quantitative estimate of drug-likeness (QED) is 0.685. The fourth-order valence-corrected chi connectivity index (χ4v) is 1.89. The van der Waals surface area contributed by atoms with Crippen molar-refractivity contribution in [1.82, 2.24) is 4.90 Å².